The molecule has 0 aromatic heterocycles. The number of nitrogens with zero attached hydrogens (tertiary/aromatic N) is 2. The summed E-state index contributed by atoms with van der Waals surface area (Å²) in [4.78, 5) is 15.8. The van der Waals surface area contributed by atoms with Gasteiger partial charge < -0.3 is 14.8 Å². The van der Waals surface area contributed by atoms with E-state index in [1.54, 1.807) is 36.7 Å². The van der Waals surface area contributed by atoms with Crippen LogP contribution in [0.25, 0.3) is 0 Å². The number of carbonyl (C=O) groups excluding carboxylic acids is 1. The van der Waals surface area contributed by atoms with Crippen LogP contribution in [-0.4, -0.2) is 76.9 Å². The maximum absolute atomic E-state index is 13.2. The van der Waals surface area contributed by atoms with Crippen molar-refractivity contribution >= 4 is 15.8 Å². The standard InChI is InChI=1S/C29H41N3O5S/c1-36-24-13-14-29(37-2)26(20-24)27(31-15-6-5-7-16-31)21-30-22-28(33)23-11-10-12-25(19-23)38(34,35)32-17-8-3-4-9-18-32/h10-14,19-20,27,30H,3-9,15-18,21-22H2,1-2H3. The van der Waals surface area contributed by atoms with Crippen LogP contribution in [0.4, 0.5) is 0 Å². The van der Waals surface area contributed by atoms with Gasteiger partial charge in [-0.1, -0.05) is 31.4 Å². The van der Waals surface area contributed by atoms with Gasteiger partial charge in [0.2, 0.25) is 10.0 Å². The van der Waals surface area contributed by atoms with Gasteiger partial charge in [0.05, 0.1) is 31.7 Å². The lowest BCUT2D eigenvalue weighted by Crippen LogP contribution is -2.40. The van der Waals surface area contributed by atoms with Crippen molar-refractivity contribution in [3.05, 3.63) is 53.6 Å². The Labute approximate surface area is 227 Å². The summed E-state index contributed by atoms with van der Waals surface area (Å²) < 4.78 is 39.2. The number of sulfonamides is 1. The fraction of sp³-hybridized carbons (Fsp3) is 0.552. The smallest absolute Gasteiger partial charge is 0.243 e. The summed E-state index contributed by atoms with van der Waals surface area (Å²) in [7, 11) is -0.291. The van der Waals surface area contributed by atoms with Gasteiger partial charge in [-0.15, -0.1) is 0 Å². The van der Waals surface area contributed by atoms with E-state index < -0.39 is 10.0 Å². The molecule has 0 spiro atoms. The molecule has 2 heterocycles. The molecule has 2 aromatic rings. The van der Waals surface area contributed by atoms with Crippen LogP contribution in [0.3, 0.4) is 0 Å². The zero-order valence-electron chi connectivity index (χ0n) is 22.7. The van der Waals surface area contributed by atoms with Gasteiger partial charge in [-0.2, -0.15) is 4.31 Å². The van der Waals surface area contributed by atoms with Gasteiger partial charge in [0.15, 0.2) is 5.78 Å². The molecular weight excluding hydrogens is 502 g/mol. The second kappa shape index (κ2) is 13.6. The van der Waals surface area contributed by atoms with Crippen molar-refractivity contribution in [1.82, 2.24) is 14.5 Å². The third-order valence-electron chi connectivity index (χ3n) is 7.61. The molecule has 0 radical (unpaired) electrons. The number of Topliss-reactive ketones (excluding diaryl/α,β-unsaturated/α-hetero) is 1. The van der Waals surface area contributed by atoms with Crippen molar-refractivity contribution in [2.24, 2.45) is 0 Å². The molecule has 1 atom stereocenters. The molecule has 2 aromatic carbocycles. The lowest BCUT2D eigenvalue weighted by atomic mass is 10.00. The number of benzene rings is 2. The summed E-state index contributed by atoms with van der Waals surface area (Å²) in [5.41, 5.74) is 1.43. The first kappa shape index (κ1) is 28.5. The number of piperidine rings is 1. The normalized spacial score (nSPS) is 18.5. The van der Waals surface area contributed by atoms with Crippen LogP contribution in [0.15, 0.2) is 47.4 Å². The minimum Gasteiger partial charge on any atom is -0.497 e. The summed E-state index contributed by atoms with van der Waals surface area (Å²) in [5, 5.41) is 3.35. The van der Waals surface area contributed by atoms with E-state index in [4.69, 9.17) is 9.47 Å². The minimum absolute atomic E-state index is 0.0166. The Balaban J connectivity index is 1.47. The Morgan fingerprint density at radius 1 is 0.895 bits per heavy atom. The van der Waals surface area contributed by atoms with E-state index >= 15 is 0 Å². The molecule has 2 saturated heterocycles. The van der Waals surface area contributed by atoms with Gasteiger partial charge in [0.25, 0.3) is 0 Å². The number of nitrogens with one attached hydrogen (secondary N) is 1. The van der Waals surface area contributed by atoms with Crippen LogP contribution in [-0.2, 0) is 10.0 Å². The molecule has 208 valence electrons. The number of rotatable bonds is 11. The maximum Gasteiger partial charge on any atom is 0.243 e. The predicted octanol–water partition coefficient (Wildman–Crippen LogP) is 4.27. The van der Waals surface area contributed by atoms with Crippen molar-refractivity contribution in [3.8, 4) is 11.5 Å². The highest BCUT2D eigenvalue weighted by atomic mass is 32.2. The van der Waals surface area contributed by atoms with E-state index in [1.165, 1.54) is 12.5 Å². The van der Waals surface area contributed by atoms with Crippen LogP contribution in [0.5, 0.6) is 11.5 Å². The number of likely N-dealkylation sites (tertiary alicyclic amines) is 1. The highest BCUT2D eigenvalue weighted by molar-refractivity contribution is 7.89. The summed E-state index contributed by atoms with van der Waals surface area (Å²) in [6.07, 6.45) is 7.35. The molecule has 9 heteroatoms. The zero-order chi connectivity index (χ0) is 27.0. The molecule has 0 aliphatic carbocycles. The second-order valence-corrected chi connectivity index (χ2v) is 12.1. The average molecular weight is 544 g/mol. The molecule has 4 rings (SSSR count). The van der Waals surface area contributed by atoms with Crippen LogP contribution < -0.4 is 14.8 Å². The average Bonchev–Trinajstić information content (AvgIpc) is 3.26. The lowest BCUT2D eigenvalue weighted by Gasteiger charge is -2.35. The highest BCUT2D eigenvalue weighted by Gasteiger charge is 2.27. The molecule has 2 aliphatic rings. The Bertz CT molecular complexity index is 1170. The van der Waals surface area contributed by atoms with E-state index in [1.807, 2.05) is 18.2 Å². The molecule has 0 saturated carbocycles. The van der Waals surface area contributed by atoms with E-state index in [-0.39, 0.29) is 23.3 Å². The summed E-state index contributed by atoms with van der Waals surface area (Å²) >= 11 is 0. The summed E-state index contributed by atoms with van der Waals surface area (Å²) in [6.45, 7) is 3.71. The number of ketones is 1. The van der Waals surface area contributed by atoms with Crippen LogP contribution >= 0.6 is 0 Å². The SMILES string of the molecule is COc1ccc(OC)c(C(CNCC(=O)c2cccc(S(=O)(=O)N3CCCCCC3)c2)N2CCCCC2)c1. The van der Waals surface area contributed by atoms with E-state index in [0.717, 1.165) is 68.7 Å². The second-order valence-electron chi connectivity index (χ2n) is 10.1. The fourth-order valence-corrected chi connectivity index (χ4v) is 7.01. The molecular formula is C29H41N3O5S. The molecule has 8 nitrogen and oxygen atoms in total. The Kier molecular flexibility index (Phi) is 10.2. The maximum atomic E-state index is 13.2. The number of methoxy groups -OCH3 is 2. The third-order valence-corrected chi connectivity index (χ3v) is 9.50. The first-order valence-electron chi connectivity index (χ1n) is 13.7. The van der Waals surface area contributed by atoms with Crippen molar-refractivity contribution < 1.29 is 22.7 Å². The van der Waals surface area contributed by atoms with Gasteiger partial charge in [-0.25, -0.2) is 8.42 Å². The summed E-state index contributed by atoms with van der Waals surface area (Å²) in [6, 6.07) is 12.3. The summed E-state index contributed by atoms with van der Waals surface area (Å²) in [5.74, 6) is 1.43. The first-order valence-corrected chi connectivity index (χ1v) is 15.2. The molecule has 38 heavy (non-hydrogen) atoms. The number of carbonyl (C=O) groups is 1. The number of hydrogen-bond acceptors (Lipinski definition) is 7. The van der Waals surface area contributed by atoms with E-state index in [0.29, 0.717) is 25.2 Å². The molecule has 2 fully saturated rings. The van der Waals surface area contributed by atoms with Crippen molar-refractivity contribution in [1.29, 1.82) is 0 Å². The largest absolute Gasteiger partial charge is 0.497 e. The molecule has 1 unspecified atom stereocenters. The number of ether oxygens (including phenoxy) is 2. The van der Waals surface area contributed by atoms with Crippen molar-refractivity contribution in [2.75, 3.05) is 53.5 Å². The molecule has 0 amide bonds. The van der Waals surface area contributed by atoms with Crippen LogP contribution in [0.1, 0.15) is 66.9 Å². The highest BCUT2D eigenvalue weighted by Crippen LogP contribution is 2.34. The topological polar surface area (TPSA) is 88.2 Å². The van der Waals surface area contributed by atoms with Crippen molar-refractivity contribution in [3.63, 3.8) is 0 Å². The Morgan fingerprint density at radius 3 is 2.26 bits per heavy atom. The van der Waals surface area contributed by atoms with Gasteiger partial charge in [0, 0.05) is 30.8 Å². The van der Waals surface area contributed by atoms with Crippen LogP contribution in [0, 0.1) is 0 Å². The molecule has 2 aliphatic heterocycles. The predicted molar refractivity (Wildman–Crippen MR) is 149 cm³/mol. The van der Waals surface area contributed by atoms with E-state index in [2.05, 4.69) is 10.2 Å². The molecule has 0 bridgehead atoms. The van der Waals surface area contributed by atoms with Crippen LogP contribution in [0.2, 0.25) is 0 Å². The Morgan fingerprint density at radius 2 is 1.58 bits per heavy atom. The zero-order valence-corrected chi connectivity index (χ0v) is 23.5. The van der Waals surface area contributed by atoms with E-state index in [9.17, 15) is 13.2 Å². The fourth-order valence-electron chi connectivity index (χ4n) is 5.45. The third kappa shape index (κ3) is 6.94. The lowest BCUT2D eigenvalue weighted by molar-refractivity contribution is 0.0983. The minimum atomic E-state index is -3.61. The van der Waals surface area contributed by atoms with Gasteiger partial charge in [-0.3, -0.25) is 9.69 Å². The number of hydrogen-bond donors (Lipinski definition) is 1. The Hall–Kier alpha value is -2.46. The molecule has 1 N–H and O–H groups in total. The van der Waals surface area contributed by atoms with Gasteiger partial charge in [-0.05, 0) is 69.1 Å². The van der Waals surface area contributed by atoms with Crippen molar-refractivity contribution in [2.45, 2.75) is 55.9 Å². The van der Waals surface area contributed by atoms with Gasteiger partial charge in [0.1, 0.15) is 11.5 Å². The first-order chi connectivity index (χ1) is 18.4. The van der Waals surface area contributed by atoms with Gasteiger partial charge >= 0.3 is 0 Å². The monoisotopic (exact) mass is 543 g/mol. The quantitative estimate of drug-likeness (QED) is 0.424.